The molecule has 0 aliphatic carbocycles. The van der Waals surface area contributed by atoms with Crippen molar-refractivity contribution in [3.05, 3.63) is 39.3 Å². The van der Waals surface area contributed by atoms with E-state index in [2.05, 4.69) is 29.5 Å². The number of aryl methyl sites for hydroxylation is 2. The number of nitrogens with zero attached hydrogens (tertiary/aromatic N) is 2. The SMILES string of the molecule is CCNC(=NCc1sc(C)nc1C)NC(C)c1cc(OC)ccc1OC.I. The molecule has 0 saturated heterocycles. The molecule has 2 N–H and O–H groups in total. The van der Waals surface area contributed by atoms with Gasteiger partial charge in [0.1, 0.15) is 11.5 Å². The molecule has 1 unspecified atom stereocenters. The number of hydrogen-bond acceptors (Lipinski definition) is 5. The van der Waals surface area contributed by atoms with Crippen molar-refractivity contribution >= 4 is 41.3 Å². The van der Waals surface area contributed by atoms with E-state index in [-0.39, 0.29) is 30.0 Å². The number of halogens is 1. The second-order valence-corrected chi connectivity index (χ2v) is 7.20. The first-order valence-electron chi connectivity index (χ1n) is 8.68. The Morgan fingerprint density at radius 2 is 2.00 bits per heavy atom. The molecule has 150 valence electrons. The number of hydrogen-bond donors (Lipinski definition) is 2. The molecular weight excluding hydrogens is 475 g/mol. The van der Waals surface area contributed by atoms with Crippen molar-refractivity contribution in [2.75, 3.05) is 20.8 Å². The van der Waals surface area contributed by atoms with Gasteiger partial charge in [0, 0.05) is 17.0 Å². The third-order valence-corrected chi connectivity index (χ3v) is 5.04. The average molecular weight is 504 g/mol. The minimum absolute atomic E-state index is 0. The lowest BCUT2D eigenvalue weighted by atomic mass is 10.1. The van der Waals surface area contributed by atoms with Crippen LogP contribution < -0.4 is 20.1 Å². The Hall–Kier alpha value is -1.55. The van der Waals surface area contributed by atoms with Crippen molar-refractivity contribution in [3.63, 3.8) is 0 Å². The molecule has 1 aromatic heterocycles. The van der Waals surface area contributed by atoms with Crippen molar-refractivity contribution in [2.24, 2.45) is 4.99 Å². The number of aliphatic imine (C=N–C) groups is 1. The first kappa shape index (κ1) is 23.5. The lowest BCUT2D eigenvalue weighted by molar-refractivity contribution is 0.394. The van der Waals surface area contributed by atoms with Gasteiger partial charge >= 0.3 is 0 Å². The van der Waals surface area contributed by atoms with E-state index in [1.807, 2.05) is 32.0 Å². The summed E-state index contributed by atoms with van der Waals surface area (Å²) >= 11 is 1.69. The van der Waals surface area contributed by atoms with Gasteiger partial charge in [-0.05, 0) is 45.9 Å². The highest BCUT2D eigenvalue weighted by atomic mass is 127. The second-order valence-electron chi connectivity index (χ2n) is 5.91. The molecule has 0 aliphatic rings. The molecule has 6 nitrogen and oxygen atoms in total. The first-order valence-corrected chi connectivity index (χ1v) is 9.49. The van der Waals surface area contributed by atoms with Crippen LogP contribution in [0.2, 0.25) is 0 Å². The van der Waals surface area contributed by atoms with Crippen LogP contribution in [0.3, 0.4) is 0 Å². The molecule has 0 spiro atoms. The van der Waals surface area contributed by atoms with Crippen molar-refractivity contribution in [1.29, 1.82) is 0 Å². The summed E-state index contributed by atoms with van der Waals surface area (Å²) in [5, 5.41) is 7.81. The van der Waals surface area contributed by atoms with Gasteiger partial charge in [-0.1, -0.05) is 0 Å². The minimum Gasteiger partial charge on any atom is -0.497 e. The minimum atomic E-state index is 0. The highest BCUT2D eigenvalue weighted by molar-refractivity contribution is 14.0. The zero-order valence-corrected chi connectivity index (χ0v) is 19.9. The number of ether oxygens (including phenoxy) is 2. The predicted octanol–water partition coefficient (Wildman–Crippen LogP) is 4.21. The fourth-order valence-corrected chi connectivity index (χ4v) is 3.51. The van der Waals surface area contributed by atoms with E-state index in [1.54, 1.807) is 25.6 Å². The van der Waals surface area contributed by atoms with Crippen molar-refractivity contribution in [2.45, 2.75) is 40.3 Å². The van der Waals surface area contributed by atoms with Crippen LogP contribution in [-0.2, 0) is 6.54 Å². The van der Waals surface area contributed by atoms with E-state index >= 15 is 0 Å². The molecule has 0 fully saturated rings. The van der Waals surface area contributed by atoms with Crippen LogP contribution in [0, 0.1) is 13.8 Å². The number of guanidine groups is 1. The quantitative estimate of drug-likeness (QED) is 0.336. The van der Waals surface area contributed by atoms with Crippen LogP contribution in [0.25, 0.3) is 0 Å². The number of nitrogens with one attached hydrogen (secondary N) is 2. The van der Waals surface area contributed by atoms with Gasteiger partial charge in [-0.2, -0.15) is 0 Å². The van der Waals surface area contributed by atoms with Gasteiger partial charge in [0.05, 0.1) is 37.5 Å². The zero-order valence-electron chi connectivity index (χ0n) is 16.8. The molecule has 1 atom stereocenters. The lowest BCUT2D eigenvalue weighted by Crippen LogP contribution is -2.38. The molecule has 27 heavy (non-hydrogen) atoms. The molecule has 2 aromatic rings. The van der Waals surface area contributed by atoms with Crippen molar-refractivity contribution < 1.29 is 9.47 Å². The summed E-state index contributed by atoms with van der Waals surface area (Å²) in [5.41, 5.74) is 2.07. The standard InChI is InChI=1S/C19H28N4O2S.HI/c1-7-20-19(21-11-18-13(3)22-14(4)26-18)23-12(2)16-10-15(24-5)8-9-17(16)25-6;/h8-10,12H,7,11H2,1-6H3,(H2,20,21,23);1H. The Balaban J connectivity index is 0.00000364. The monoisotopic (exact) mass is 504 g/mol. The summed E-state index contributed by atoms with van der Waals surface area (Å²) in [6.45, 7) is 9.56. The molecule has 1 aromatic carbocycles. The van der Waals surface area contributed by atoms with E-state index in [0.29, 0.717) is 6.54 Å². The molecule has 1 heterocycles. The third kappa shape index (κ3) is 6.53. The fourth-order valence-electron chi connectivity index (χ4n) is 2.65. The number of benzene rings is 1. The second kappa shape index (κ2) is 11.3. The Morgan fingerprint density at radius 1 is 1.26 bits per heavy atom. The maximum Gasteiger partial charge on any atom is 0.192 e. The molecule has 0 radical (unpaired) electrons. The first-order chi connectivity index (χ1) is 12.5. The largest absolute Gasteiger partial charge is 0.497 e. The summed E-state index contributed by atoms with van der Waals surface area (Å²) in [7, 11) is 3.33. The maximum atomic E-state index is 5.49. The van der Waals surface area contributed by atoms with Gasteiger partial charge in [-0.3, -0.25) is 0 Å². The van der Waals surface area contributed by atoms with E-state index in [9.17, 15) is 0 Å². The predicted molar refractivity (Wildman–Crippen MR) is 123 cm³/mol. The molecule has 0 amide bonds. The smallest absolute Gasteiger partial charge is 0.192 e. The Bertz CT molecular complexity index is 764. The van der Waals surface area contributed by atoms with Crippen LogP contribution in [0.1, 0.15) is 41.0 Å². The van der Waals surface area contributed by atoms with Gasteiger partial charge in [0.25, 0.3) is 0 Å². The lowest BCUT2D eigenvalue weighted by Gasteiger charge is -2.20. The Morgan fingerprint density at radius 3 is 2.56 bits per heavy atom. The Labute approximate surface area is 182 Å². The van der Waals surface area contributed by atoms with Crippen LogP contribution in [0.5, 0.6) is 11.5 Å². The third-order valence-electron chi connectivity index (χ3n) is 3.98. The topological polar surface area (TPSA) is 67.8 Å². The van der Waals surface area contributed by atoms with E-state index in [1.165, 1.54) is 4.88 Å². The molecule has 0 aliphatic heterocycles. The normalized spacial score (nSPS) is 12.1. The summed E-state index contributed by atoms with van der Waals surface area (Å²) < 4.78 is 10.8. The van der Waals surface area contributed by atoms with Gasteiger partial charge in [-0.25, -0.2) is 9.98 Å². The molecular formula is C19H29IN4O2S. The number of aromatic nitrogens is 1. The van der Waals surface area contributed by atoms with Gasteiger partial charge in [-0.15, -0.1) is 35.3 Å². The van der Waals surface area contributed by atoms with Gasteiger partial charge < -0.3 is 20.1 Å². The fraction of sp³-hybridized carbons (Fsp3) is 0.474. The van der Waals surface area contributed by atoms with Gasteiger partial charge in [0.15, 0.2) is 5.96 Å². The molecule has 0 saturated carbocycles. The van der Waals surface area contributed by atoms with E-state index in [4.69, 9.17) is 14.5 Å². The average Bonchev–Trinajstić information content (AvgIpc) is 2.96. The highest BCUT2D eigenvalue weighted by Gasteiger charge is 2.14. The summed E-state index contributed by atoms with van der Waals surface area (Å²) in [6, 6.07) is 5.79. The van der Waals surface area contributed by atoms with E-state index < -0.39 is 0 Å². The summed E-state index contributed by atoms with van der Waals surface area (Å²) in [6.07, 6.45) is 0. The van der Waals surface area contributed by atoms with E-state index in [0.717, 1.165) is 40.3 Å². The van der Waals surface area contributed by atoms with Crippen LogP contribution in [-0.4, -0.2) is 31.7 Å². The highest BCUT2D eigenvalue weighted by Crippen LogP contribution is 2.29. The van der Waals surface area contributed by atoms with Crippen LogP contribution in [0.4, 0.5) is 0 Å². The van der Waals surface area contributed by atoms with Crippen LogP contribution in [0.15, 0.2) is 23.2 Å². The molecule has 8 heteroatoms. The molecule has 2 rings (SSSR count). The summed E-state index contributed by atoms with van der Waals surface area (Å²) in [5.74, 6) is 2.37. The van der Waals surface area contributed by atoms with Crippen molar-refractivity contribution in [1.82, 2.24) is 15.6 Å². The van der Waals surface area contributed by atoms with Crippen molar-refractivity contribution in [3.8, 4) is 11.5 Å². The number of methoxy groups -OCH3 is 2. The maximum absolute atomic E-state index is 5.49. The number of thiazole rings is 1. The Kier molecular flexibility index (Phi) is 9.86. The molecule has 0 bridgehead atoms. The van der Waals surface area contributed by atoms with Gasteiger partial charge in [0.2, 0.25) is 0 Å². The summed E-state index contributed by atoms with van der Waals surface area (Å²) in [4.78, 5) is 10.4. The zero-order chi connectivity index (χ0) is 19.1. The van der Waals surface area contributed by atoms with Crippen LogP contribution >= 0.6 is 35.3 Å². The number of rotatable bonds is 7.